The molecule has 6 nitrogen and oxygen atoms in total. The van der Waals surface area contributed by atoms with Crippen LogP contribution in [0.2, 0.25) is 0 Å². The summed E-state index contributed by atoms with van der Waals surface area (Å²) in [6, 6.07) is 6.92. The van der Waals surface area contributed by atoms with E-state index < -0.39 is 0 Å². The molecule has 0 saturated heterocycles. The summed E-state index contributed by atoms with van der Waals surface area (Å²) in [7, 11) is 4.65. The average Bonchev–Trinajstić information content (AvgIpc) is 3.09. The lowest BCUT2D eigenvalue weighted by Gasteiger charge is -2.11. The van der Waals surface area contributed by atoms with Crippen molar-refractivity contribution in [3.63, 3.8) is 0 Å². The fourth-order valence-electron chi connectivity index (χ4n) is 2.50. The molecule has 0 unspecified atom stereocenters. The second-order valence-electron chi connectivity index (χ2n) is 5.03. The topological polar surface area (TPSA) is 66.4 Å². The van der Waals surface area contributed by atoms with Gasteiger partial charge in [-0.1, -0.05) is 18.2 Å². The van der Waals surface area contributed by atoms with Gasteiger partial charge in [-0.2, -0.15) is 0 Å². The summed E-state index contributed by atoms with van der Waals surface area (Å²) in [6.07, 6.45) is 3.75. The van der Waals surface area contributed by atoms with Crippen LogP contribution in [0.25, 0.3) is 12.2 Å². The van der Waals surface area contributed by atoms with Crippen molar-refractivity contribution in [3.8, 4) is 34.5 Å². The summed E-state index contributed by atoms with van der Waals surface area (Å²) >= 11 is 0. The Hall–Kier alpha value is -3.02. The molecule has 0 atom stereocenters. The van der Waals surface area contributed by atoms with Crippen LogP contribution in [-0.2, 0) is 0 Å². The van der Waals surface area contributed by atoms with Gasteiger partial charge in [-0.3, -0.25) is 0 Å². The number of rotatable bonds is 5. The van der Waals surface area contributed by atoms with E-state index in [4.69, 9.17) is 23.7 Å². The maximum Gasteiger partial charge on any atom is 0.231 e. The maximum atomic E-state index is 9.66. The van der Waals surface area contributed by atoms with Gasteiger partial charge in [0.25, 0.3) is 0 Å². The van der Waals surface area contributed by atoms with E-state index in [-0.39, 0.29) is 12.5 Å². The number of ether oxygens (including phenoxy) is 5. The van der Waals surface area contributed by atoms with E-state index in [2.05, 4.69) is 0 Å². The lowest BCUT2D eigenvalue weighted by molar-refractivity contribution is 0.168. The Morgan fingerprint density at radius 3 is 2.38 bits per heavy atom. The first-order valence-corrected chi connectivity index (χ1v) is 7.27. The van der Waals surface area contributed by atoms with Crippen molar-refractivity contribution in [3.05, 3.63) is 35.4 Å². The molecule has 0 radical (unpaired) electrons. The molecule has 1 N–H and O–H groups in total. The van der Waals surface area contributed by atoms with E-state index in [0.717, 1.165) is 11.1 Å². The van der Waals surface area contributed by atoms with Crippen LogP contribution in [0, 0.1) is 0 Å². The molecule has 0 amide bonds. The highest BCUT2D eigenvalue weighted by atomic mass is 16.7. The Kier molecular flexibility index (Phi) is 4.37. The number of fused-ring (bicyclic) bond motifs is 1. The van der Waals surface area contributed by atoms with Crippen LogP contribution in [0.4, 0.5) is 0 Å². The molecule has 0 aromatic heterocycles. The minimum atomic E-state index is 0.0944. The molecule has 24 heavy (non-hydrogen) atoms. The summed E-state index contributed by atoms with van der Waals surface area (Å²) in [5, 5.41) is 9.66. The van der Waals surface area contributed by atoms with Crippen molar-refractivity contribution >= 4 is 12.2 Å². The molecule has 1 heterocycles. The van der Waals surface area contributed by atoms with Gasteiger partial charge >= 0.3 is 0 Å². The Balaban J connectivity index is 2.00. The van der Waals surface area contributed by atoms with Crippen molar-refractivity contribution in [1.82, 2.24) is 0 Å². The lowest BCUT2D eigenvalue weighted by Crippen LogP contribution is -1.94. The third-order valence-electron chi connectivity index (χ3n) is 3.67. The minimum Gasteiger partial charge on any atom is -0.504 e. The van der Waals surface area contributed by atoms with Crippen molar-refractivity contribution < 1.29 is 28.8 Å². The highest BCUT2D eigenvalue weighted by molar-refractivity contribution is 5.78. The SMILES string of the molecule is COc1cc(/C=C/c2cc(OC)c3c(c2OC)OCO3)ccc1O. The molecule has 0 fully saturated rings. The molecule has 2 aromatic rings. The average molecular weight is 330 g/mol. The van der Waals surface area contributed by atoms with Crippen LogP contribution in [-0.4, -0.2) is 33.2 Å². The van der Waals surface area contributed by atoms with Gasteiger partial charge in [-0.15, -0.1) is 0 Å². The third kappa shape index (κ3) is 2.78. The van der Waals surface area contributed by atoms with Crippen LogP contribution in [0.5, 0.6) is 34.5 Å². The molecule has 0 saturated carbocycles. The quantitative estimate of drug-likeness (QED) is 0.849. The Morgan fingerprint density at radius 1 is 0.917 bits per heavy atom. The highest BCUT2D eigenvalue weighted by Crippen LogP contribution is 2.49. The van der Waals surface area contributed by atoms with Gasteiger partial charge < -0.3 is 28.8 Å². The number of phenolic OH excluding ortho intramolecular Hbond substituents is 1. The molecular formula is C18H18O6. The molecule has 2 aromatic carbocycles. The molecular weight excluding hydrogens is 312 g/mol. The zero-order valence-electron chi connectivity index (χ0n) is 13.7. The van der Waals surface area contributed by atoms with Crippen molar-refractivity contribution in [2.24, 2.45) is 0 Å². The normalized spacial score (nSPS) is 12.5. The predicted molar refractivity (Wildman–Crippen MR) is 89.3 cm³/mol. The van der Waals surface area contributed by atoms with Crippen LogP contribution >= 0.6 is 0 Å². The smallest absolute Gasteiger partial charge is 0.231 e. The number of methoxy groups -OCH3 is 3. The second-order valence-corrected chi connectivity index (χ2v) is 5.03. The van der Waals surface area contributed by atoms with Gasteiger partial charge in [0, 0.05) is 5.56 Å². The van der Waals surface area contributed by atoms with Crippen LogP contribution in [0.3, 0.4) is 0 Å². The van der Waals surface area contributed by atoms with Crippen molar-refractivity contribution in [2.75, 3.05) is 28.1 Å². The molecule has 0 spiro atoms. The maximum absolute atomic E-state index is 9.66. The standard InChI is InChI=1S/C18H18O6/c1-20-14-8-11(5-7-13(14)19)4-6-12-9-15(21-2)17-18(16(12)22-3)24-10-23-17/h4-9,19H,10H2,1-3H3/b6-4+. The summed E-state index contributed by atoms with van der Waals surface area (Å²) in [5.41, 5.74) is 1.65. The highest BCUT2D eigenvalue weighted by Gasteiger charge is 2.26. The van der Waals surface area contributed by atoms with Gasteiger partial charge in [-0.05, 0) is 23.8 Å². The molecule has 0 bridgehead atoms. The third-order valence-corrected chi connectivity index (χ3v) is 3.67. The summed E-state index contributed by atoms with van der Waals surface area (Å²) < 4.78 is 26.9. The van der Waals surface area contributed by atoms with Gasteiger partial charge in [0.05, 0.1) is 21.3 Å². The summed E-state index contributed by atoms with van der Waals surface area (Å²) in [5.74, 6) is 2.72. The molecule has 126 valence electrons. The number of hydrogen-bond donors (Lipinski definition) is 1. The fraction of sp³-hybridized carbons (Fsp3) is 0.222. The number of hydrogen-bond acceptors (Lipinski definition) is 6. The molecule has 6 heteroatoms. The van der Waals surface area contributed by atoms with Gasteiger partial charge in [0.2, 0.25) is 18.3 Å². The minimum absolute atomic E-state index is 0.0944. The first-order chi connectivity index (χ1) is 11.7. The number of phenols is 1. The zero-order valence-corrected chi connectivity index (χ0v) is 13.7. The molecule has 0 aliphatic carbocycles. The first kappa shape index (κ1) is 15.9. The molecule has 1 aliphatic heterocycles. The monoisotopic (exact) mass is 330 g/mol. The van der Waals surface area contributed by atoms with Crippen LogP contribution in [0.1, 0.15) is 11.1 Å². The molecule has 1 aliphatic rings. The van der Waals surface area contributed by atoms with E-state index in [0.29, 0.717) is 28.7 Å². The Bertz CT molecular complexity index is 782. The van der Waals surface area contributed by atoms with Crippen molar-refractivity contribution in [1.29, 1.82) is 0 Å². The Labute approximate surface area is 139 Å². The molecule has 3 rings (SSSR count). The largest absolute Gasteiger partial charge is 0.504 e. The van der Waals surface area contributed by atoms with Crippen molar-refractivity contribution in [2.45, 2.75) is 0 Å². The van der Waals surface area contributed by atoms with E-state index >= 15 is 0 Å². The fourth-order valence-corrected chi connectivity index (χ4v) is 2.50. The van der Waals surface area contributed by atoms with E-state index in [9.17, 15) is 5.11 Å². The summed E-state index contributed by atoms with van der Waals surface area (Å²) in [6.45, 7) is 0.129. The van der Waals surface area contributed by atoms with Gasteiger partial charge in [-0.25, -0.2) is 0 Å². The van der Waals surface area contributed by atoms with E-state index in [1.54, 1.807) is 32.4 Å². The first-order valence-electron chi connectivity index (χ1n) is 7.27. The lowest BCUT2D eigenvalue weighted by atomic mass is 10.1. The number of benzene rings is 2. The van der Waals surface area contributed by atoms with Gasteiger partial charge in [0.1, 0.15) is 0 Å². The van der Waals surface area contributed by atoms with Crippen LogP contribution in [0.15, 0.2) is 24.3 Å². The zero-order chi connectivity index (χ0) is 17.1. The predicted octanol–water partition coefficient (Wildman–Crippen LogP) is 3.32. The van der Waals surface area contributed by atoms with E-state index in [1.807, 2.05) is 18.2 Å². The second kappa shape index (κ2) is 6.62. The van der Waals surface area contributed by atoms with Gasteiger partial charge in [0.15, 0.2) is 23.0 Å². The van der Waals surface area contributed by atoms with Crippen LogP contribution < -0.4 is 23.7 Å². The summed E-state index contributed by atoms with van der Waals surface area (Å²) in [4.78, 5) is 0. The Morgan fingerprint density at radius 2 is 1.67 bits per heavy atom. The van der Waals surface area contributed by atoms with E-state index in [1.165, 1.54) is 7.11 Å². The number of aromatic hydroxyl groups is 1.